The summed E-state index contributed by atoms with van der Waals surface area (Å²) in [6, 6.07) is 13.0. The molecule has 31 heavy (non-hydrogen) atoms. The summed E-state index contributed by atoms with van der Waals surface area (Å²) in [6.45, 7) is 3.52. The molecule has 0 saturated heterocycles. The SMILES string of the molecule is COc1ccc(C(=O)N(C2CC2)C2CCCc3ccccc32)cc1S(=O)(=O)NC(C)C. The second-order valence-electron chi connectivity index (χ2n) is 8.69. The van der Waals surface area contributed by atoms with E-state index in [4.69, 9.17) is 4.74 Å². The number of methoxy groups -OCH3 is 1. The van der Waals surface area contributed by atoms with Gasteiger partial charge in [0.1, 0.15) is 10.6 Å². The topological polar surface area (TPSA) is 75.7 Å². The maximum atomic E-state index is 13.7. The standard InChI is InChI=1S/C24H30N2O4S/c1-16(2)25-31(28,29)23-15-18(11-14-22(23)30-3)24(27)26(19-12-13-19)21-10-6-8-17-7-4-5-9-20(17)21/h4-5,7,9,11,14-16,19,21,25H,6,8,10,12-13H2,1-3H3. The van der Waals surface area contributed by atoms with Gasteiger partial charge in [0.2, 0.25) is 10.0 Å². The molecule has 1 N–H and O–H groups in total. The number of hydrogen-bond donors (Lipinski definition) is 1. The molecular weight excluding hydrogens is 412 g/mol. The number of fused-ring (bicyclic) bond motifs is 1. The van der Waals surface area contributed by atoms with Crippen molar-refractivity contribution in [2.45, 2.75) is 69.0 Å². The van der Waals surface area contributed by atoms with Crippen molar-refractivity contribution >= 4 is 15.9 Å². The molecule has 2 aliphatic carbocycles. The highest BCUT2D eigenvalue weighted by molar-refractivity contribution is 7.89. The van der Waals surface area contributed by atoms with Crippen LogP contribution in [0.2, 0.25) is 0 Å². The molecular formula is C24H30N2O4S. The van der Waals surface area contributed by atoms with Crippen LogP contribution in [0.25, 0.3) is 0 Å². The number of carbonyl (C=O) groups excluding carboxylic acids is 1. The first kappa shape index (κ1) is 21.8. The van der Waals surface area contributed by atoms with Crippen molar-refractivity contribution in [3.05, 3.63) is 59.2 Å². The van der Waals surface area contributed by atoms with Crippen LogP contribution in [-0.4, -0.2) is 38.4 Å². The Morgan fingerprint density at radius 2 is 1.87 bits per heavy atom. The zero-order chi connectivity index (χ0) is 22.2. The number of amides is 1. The molecule has 1 amide bonds. The van der Waals surface area contributed by atoms with Gasteiger partial charge in [0.05, 0.1) is 13.2 Å². The fourth-order valence-corrected chi connectivity index (χ4v) is 5.92. The van der Waals surface area contributed by atoms with E-state index in [0.29, 0.717) is 5.56 Å². The molecule has 2 aromatic carbocycles. The van der Waals surface area contributed by atoms with Crippen LogP contribution in [-0.2, 0) is 16.4 Å². The first-order valence-corrected chi connectivity index (χ1v) is 12.4. The summed E-state index contributed by atoms with van der Waals surface area (Å²) in [6.07, 6.45) is 4.97. The van der Waals surface area contributed by atoms with E-state index in [1.54, 1.807) is 26.0 Å². The summed E-state index contributed by atoms with van der Waals surface area (Å²) in [4.78, 5) is 15.7. The zero-order valence-corrected chi connectivity index (χ0v) is 19.1. The van der Waals surface area contributed by atoms with Crippen LogP contribution in [0.5, 0.6) is 5.75 Å². The van der Waals surface area contributed by atoms with Crippen molar-refractivity contribution in [1.29, 1.82) is 0 Å². The summed E-state index contributed by atoms with van der Waals surface area (Å²) in [7, 11) is -2.38. The van der Waals surface area contributed by atoms with Gasteiger partial charge >= 0.3 is 0 Å². The lowest BCUT2D eigenvalue weighted by Crippen LogP contribution is -2.38. The number of hydrogen-bond acceptors (Lipinski definition) is 4. The summed E-state index contributed by atoms with van der Waals surface area (Å²) >= 11 is 0. The summed E-state index contributed by atoms with van der Waals surface area (Å²) in [5, 5.41) is 0. The fraction of sp³-hybridized carbons (Fsp3) is 0.458. The van der Waals surface area contributed by atoms with Gasteiger partial charge in [-0.15, -0.1) is 0 Å². The smallest absolute Gasteiger partial charge is 0.254 e. The Labute approximate surface area is 184 Å². The lowest BCUT2D eigenvalue weighted by Gasteiger charge is -2.36. The number of carbonyl (C=O) groups is 1. The average molecular weight is 443 g/mol. The van der Waals surface area contributed by atoms with Crippen LogP contribution in [0.15, 0.2) is 47.4 Å². The molecule has 0 aromatic heterocycles. The third-order valence-corrected chi connectivity index (χ3v) is 7.62. The van der Waals surface area contributed by atoms with E-state index in [0.717, 1.165) is 32.1 Å². The quantitative estimate of drug-likeness (QED) is 0.702. The van der Waals surface area contributed by atoms with E-state index in [9.17, 15) is 13.2 Å². The Morgan fingerprint density at radius 3 is 2.55 bits per heavy atom. The molecule has 0 bridgehead atoms. The molecule has 166 valence electrons. The maximum absolute atomic E-state index is 13.7. The number of ether oxygens (including phenoxy) is 1. The van der Waals surface area contributed by atoms with Gasteiger partial charge in [0.25, 0.3) is 5.91 Å². The highest BCUT2D eigenvalue weighted by Gasteiger charge is 2.40. The van der Waals surface area contributed by atoms with Crippen LogP contribution in [0.3, 0.4) is 0 Å². The molecule has 0 aliphatic heterocycles. The van der Waals surface area contributed by atoms with E-state index in [1.807, 2.05) is 17.0 Å². The van der Waals surface area contributed by atoms with Crippen molar-refractivity contribution in [1.82, 2.24) is 9.62 Å². The van der Waals surface area contributed by atoms with Crippen molar-refractivity contribution < 1.29 is 17.9 Å². The Hall–Kier alpha value is -2.38. The summed E-state index contributed by atoms with van der Waals surface area (Å²) < 4.78 is 33.6. The summed E-state index contributed by atoms with van der Waals surface area (Å²) in [5.41, 5.74) is 2.90. The van der Waals surface area contributed by atoms with Crippen molar-refractivity contribution in [2.24, 2.45) is 0 Å². The van der Waals surface area contributed by atoms with Crippen LogP contribution in [0, 0.1) is 0 Å². The number of nitrogens with zero attached hydrogens (tertiary/aromatic N) is 1. The van der Waals surface area contributed by atoms with Crippen LogP contribution in [0.4, 0.5) is 0 Å². The van der Waals surface area contributed by atoms with E-state index in [-0.39, 0.29) is 34.7 Å². The molecule has 1 saturated carbocycles. The first-order valence-electron chi connectivity index (χ1n) is 10.9. The van der Waals surface area contributed by atoms with E-state index >= 15 is 0 Å². The lowest BCUT2D eigenvalue weighted by molar-refractivity contribution is 0.0637. The van der Waals surface area contributed by atoms with Gasteiger partial charge in [0, 0.05) is 17.6 Å². The third kappa shape index (κ3) is 4.48. The molecule has 4 rings (SSSR count). The molecule has 0 spiro atoms. The van der Waals surface area contributed by atoms with Crippen molar-refractivity contribution in [2.75, 3.05) is 7.11 Å². The van der Waals surface area contributed by atoms with Crippen LogP contribution in [0.1, 0.15) is 67.1 Å². The van der Waals surface area contributed by atoms with Gasteiger partial charge in [-0.1, -0.05) is 24.3 Å². The molecule has 7 heteroatoms. The second-order valence-corrected chi connectivity index (χ2v) is 10.4. The minimum absolute atomic E-state index is 0.00524. The average Bonchev–Trinajstić information content (AvgIpc) is 3.58. The van der Waals surface area contributed by atoms with Crippen molar-refractivity contribution in [3.8, 4) is 5.75 Å². The molecule has 1 unspecified atom stereocenters. The Balaban J connectivity index is 1.72. The van der Waals surface area contributed by atoms with Gasteiger partial charge in [-0.05, 0) is 75.3 Å². The van der Waals surface area contributed by atoms with Gasteiger partial charge in [-0.25, -0.2) is 13.1 Å². The van der Waals surface area contributed by atoms with Gasteiger partial charge in [-0.2, -0.15) is 0 Å². The molecule has 6 nitrogen and oxygen atoms in total. The Morgan fingerprint density at radius 1 is 1.13 bits per heavy atom. The van der Waals surface area contributed by atoms with E-state index in [1.165, 1.54) is 24.3 Å². The first-order chi connectivity index (χ1) is 14.8. The number of sulfonamides is 1. The zero-order valence-electron chi connectivity index (χ0n) is 18.3. The van der Waals surface area contributed by atoms with E-state index in [2.05, 4.69) is 16.9 Å². The number of nitrogens with one attached hydrogen (secondary N) is 1. The van der Waals surface area contributed by atoms with Gasteiger partial charge in [0.15, 0.2) is 0 Å². The van der Waals surface area contributed by atoms with Crippen LogP contribution >= 0.6 is 0 Å². The third-order valence-electron chi connectivity index (χ3n) is 5.94. The Kier molecular flexibility index (Phi) is 6.08. The largest absolute Gasteiger partial charge is 0.495 e. The van der Waals surface area contributed by atoms with Gasteiger partial charge in [-0.3, -0.25) is 4.79 Å². The number of benzene rings is 2. The predicted molar refractivity (Wildman–Crippen MR) is 120 cm³/mol. The monoisotopic (exact) mass is 442 g/mol. The van der Waals surface area contributed by atoms with E-state index < -0.39 is 10.0 Å². The molecule has 2 aromatic rings. The molecule has 1 fully saturated rings. The van der Waals surface area contributed by atoms with Gasteiger partial charge < -0.3 is 9.64 Å². The normalized spacial score (nSPS) is 18.5. The highest BCUT2D eigenvalue weighted by Crippen LogP contribution is 2.42. The predicted octanol–water partition coefficient (Wildman–Crippen LogP) is 4.06. The molecule has 0 radical (unpaired) electrons. The van der Waals surface area contributed by atoms with Crippen LogP contribution < -0.4 is 9.46 Å². The van der Waals surface area contributed by atoms with Crippen molar-refractivity contribution in [3.63, 3.8) is 0 Å². The number of rotatable bonds is 7. The fourth-order valence-electron chi connectivity index (χ4n) is 4.47. The maximum Gasteiger partial charge on any atom is 0.254 e. The second kappa shape index (κ2) is 8.63. The summed E-state index contributed by atoms with van der Waals surface area (Å²) in [5.74, 6) is 0.110. The Bertz CT molecular complexity index is 1080. The number of aryl methyl sites for hydroxylation is 1. The molecule has 0 heterocycles. The minimum Gasteiger partial charge on any atom is -0.495 e. The highest BCUT2D eigenvalue weighted by atomic mass is 32.2. The lowest BCUT2D eigenvalue weighted by atomic mass is 9.86. The minimum atomic E-state index is -3.81. The molecule has 2 aliphatic rings. The molecule has 1 atom stereocenters.